The van der Waals surface area contributed by atoms with E-state index in [2.05, 4.69) is 34.6 Å². The van der Waals surface area contributed by atoms with Gasteiger partial charge in [-0.1, -0.05) is 34.6 Å². The lowest BCUT2D eigenvalue weighted by Gasteiger charge is -2.49. The summed E-state index contributed by atoms with van der Waals surface area (Å²) in [6.07, 6.45) is 2.47. The summed E-state index contributed by atoms with van der Waals surface area (Å²) >= 11 is 0. The van der Waals surface area contributed by atoms with Crippen LogP contribution >= 0.6 is 0 Å². The molecule has 0 amide bonds. The van der Waals surface area contributed by atoms with Crippen LogP contribution in [-0.4, -0.2) is 10.7 Å². The molecule has 2 aliphatic rings. The summed E-state index contributed by atoms with van der Waals surface area (Å²) < 4.78 is 0. The molecule has 0 spiro atoms. The molecule has 82 valence electrons. The molecule has 2 rings (SSSR count). The second-order valence-corrected chi connectivity index (χ2v) is 6.94. The Labute approximate surface area is 87.9 Å². The number of hydrogen-bond donors (Lipinski definition) is 1. The first-order chi connectivity index (χ1) is 6.09. The fourth-order valence-corrected chi connectivity index (χ4v) is 4.68. The Bertz CT molecular complexity index is 267. The van der Waals surface area contributed by atoms with Gasteiger partial charge < -0.3 is 5.11 Å². The van der Waals surface area contributed by atoms with Gasteiger partial charge in [0, 0.05) is 5.41 Å². The van der Waals surface area contributed by atoms with Crippen LogP contribution in [0.4, 0.5) is 0 Å². The van der Waals surface area contributed by atoms with Crippen molar-refractivity contribution in [3.8, 4) is 0 Å². The van der Waals surface area contributed by atoms with Crippen molar-refractivity contribution in [1.82, 2.24) is 0 Å². The maximum absolute atomic E-state index is 10.8. The standard InChI is InChI=1S/C13H24O/c1-10(2)9-7-8-12(10,5)13(6,14)11(9,3)4/h9,14H,7-8H2,1-6H3. The highest BCUT2D eigenvalue weighted by Gasteiger charge is 2.74. The highest BCUT2D eigenvalue weighted by Crippen LogP contribution is 2.75. The molecule has 0 heterocycles. The zero-order valence-electron chi connectivity index (χ0n) is 10.4. The van der Waals surface area contributed by atoms with Gasteiger partial charge in [-0.3, -0.25) is 0 Å². The quantitative estimate of drug-likeness (QED) is 0.630. The number of rotatable bonds is 0. The van der Waals surface area contributed by atoms with Crippen molar-refractivity contribution in [2.75, 3.05) is 0 Å². The second-order valence-electron chi connectivity index (χ2n) is 6.94. The van der Waals surface area contributed by atoms with Gasteiger partial charge in [0.25, 0.3) is 0 Å². The summed E-state index contributed by atoms with van der Waals surface area (Å²) in [5.74, 6) is 0.662. The molecule has 2 bridgehead atoms. The third-order valence-corrected chi connectivity index (χ3v) is 6.43. The average Bonchev–Trinajstić information content (AvgIpc) is 2.26. The average molecular weight is 196 g/mol. The van der Waals surface area contributed by atoms with E-state index < -0.39 is 5.60 Å². The van der Waals surface area contributed by atoms with E-state index in [1.165, 1.54) is 12.8 Å². The Morgan fingerprint density at radius 2 is 1.43 bits per heavy atom. The fourth-order valence-electron chi connectivity index (χ4n) is 4.68. The summed E-state index contributed by atoms with van der Waals surface area (Å²) in [6, 6.07) is 0. The lowest BCUT2D eigenvalue weighted by molar-refractivity contribution is -0.135. The van der Waals surface area contributed by atoms with Gasteiger partial charge in [-0.25, -0.2) is 0 Å². The van der Waals surface area contributed by atoms with Crippen molar-refractivity contribution >= 4 is 0 Å². The summed E-state index contributed by atoms with van der Waals surface area (Å²) in [6.45, 7) is 13.5. The largest absolute Gasteiger partial charge is 0.389 e. The fraction of sp³-hybridized carbons (Fsp3) is 1.00. The molecule has 3 atom stereocenters. The molecule has 3 unspecified atom stereocenters. The van der Waals surface area contributed by atoms with E-state index in [-0.39, 0.29) is 16.2 Å². The van der Waals surface area contributed by atoms with Crippen molar-refractivity contribution in [3.05, 3.63) is 0 Å². The molecular weight excluding hydrogens is 172 g/mol. The van der Waals surface area contributed by atoms with E-state index >= 15 is 0 Å². The van der Waals surface area contributed by atoms with Gasteiger partial charge in [0.05, 0.1) is 5.60 Å². The molecule has 14 heavy (non-hydrogen) atoms. The van der Waals surface area contributed by atoms with Gasteiger partial charge in [-0.2, -0.15) is 0 Å². The molecule has 2 saturated carbocycles. The lowest BCUT2D eigenvalue weighted by Crippen LogP contribution is -2.52. The molecule has 0 aromatic rings. The van der Waals surface area contributed by atoms with Gasteiger partial charge >= 0.3 is 0 Å². The molecule has 2 fully saturated rings. The van der Waals surface area contributed by atoms with Gasteiger partial charge in [0.1, 0.15) is 0 Å². The lowest BCUT2D eigenvalue weighted by atomic mass is 9.60. The normalized spacial score (nSPS) is 53.8. The molecule has 1 nitrogen and oxygen atoms in total. The Morgan fingerprint density at radius 3 is 1.64 bits per heavy atom. The van der Waals surface area contributed by atoms with Crippen molar-refractivity contribution in [2.45, 2.75) is 60.0 Å². The minimum absolute atomic E-state index is 0.0590. The number of fused-ring (bicyclic) bond motifs is 2. The van der Waals surface area contributed by atoms with Gasteiger partial charge in [-0.15, -0.1) is 0 Å². The third kappa shape index (κ3) is 0.711. The smallest absolute Gasteiger partial charge is 0.0731 e. The monoisotopic (exact) mass is 196 g/mol. The van der Waals surface area contributed by atoms with Gasteiger partial charge in [0.2, 0.25) is 0 Å². The van der Waals surface area contributed by atoms with E-state index in [1.807, 2.05) is 6.92 Å². The molecule has 0 radical (unpaired) electrons. The number of aliphatic hydroxyl groups is 1. The second kappa shape index (κ2) is 2.21. The molecule has 0 aromatic carbocycles. The van der Waals surface area contributed by atoms with Crippen molar-refractivity contribution in [3.63, 3.8) is 0 Å². The van der Waals surface area contributed by atoms with E-state index in [9.17, 15) is 5.11 Å². The van der Waals surface area contributed by atoms with Crippen LogP contribution in [0.3, 0.4) is 0 Å². The predicted molar refractivity (Wildman–Crippen MR) is 59.0 cm³/mol. The molecule has 1 N–H and O–H groups in total. The molecular formula is C13H24O. The topological polar surface area (TPSA) is 20.2 Å². The van der Waals surface area contributed by atoms with Crippen LogP contribution < -0.4 is 0 Å². The number of hydrogen-bond acceptors (Lipinski definition) is 1. The molecule has 0 aromatic heterocycles. The van der Waals surface area contributed by atoms with E-state index in [0.717, 1.165) is 0 Å². The van der Waals surface area contributed by atoms with E-state index in [0.29, 0.717) is 5.92 Å². The summed E-state index contributed by atoms with van der Waals surface area (Å²) in [5.41, 5.74) is -0.0932. The van der Waals surface area contributed by atoms with E-state index in [1.54, 1.807) is 0 Å². The Morgan fingerprint density at radius 1 is 0.929 bits per heavy atom. The zero-order chi connectivity index (χ0) is 11.0. The van der Waals surface area contributed by atoms with Gasteiger partial charge in [-0.05, 0) is 36.5 Å². The highest BCUT2D eigenvalue weighted by atomic mass is 16.3. The first kappa shape index (κ1) is 10.5. The molecule has 0 aliphatic heterocycles. The van der Waals surface area contributed by atoms with E-state index in [4.69, 9.17) is 0 Å². The van der Waals surface area contributed by atoms with Crippen LogP contribution in [0.2, 0.25) is 0 Å². The minimum atomic E-state index is -0.521. The van der Waals surface area contributed by atoms with Crippen LogP contribution in [0.1, 0.15) is 54.4 Å². The minimum Gasteiger partial charge on any atom is -0.389 e. The van der Waals surface area contributed by atoms with Crippen molar-refractivity contribution < 1.29 is 5.11 Å². The first-order valence-corrected chi connectivity index (χ1v) is 5.81. The van der Waals surface area contributed by atoms with Crippen LogP contribution in [0.25, 0.3) is 0 Å². The third-order valence-electron chi connectivity index (χ3n) is 6.43. The maximum Gasteiger partial charge on any atom is 0.0731 e. The van der Waals surface area contributed by atoms with Crippen molar-refractivity contribution in [1.29, 1.82) is 0 Å². The van der Waals surface area contributed by atoms with Crippen molar-refractivity contribution in [2.24, 2.45) is 22.2 Å². The Balaban J connectivity index is 2.62. The molecule has 0 saturated heterocycles. The van der Waals surface area contributed by atoms with Crippen LogP contribution in [-0.2, 0) is 0 Å². The molecule has 1 heteroatoms. The summed E-state index contributed by atoms with van der Waals surface area (Å²) in [7, 11) is 0. The van der Waals surface area contributed by atoms with Crippen LogP contribution in [0.15, 0.2) is 0 Å². The molecule has 2 aliphatic carbocycles. The predicted octanol–water partition coefficient (Wildman–Crippen LogP) is 3.22. The first-order valence-electron chi connectivity index (χ1n) is 5.81. The SMILES string of the molecule is CC1(C)C2CCC(C)(C2(C)C)C1(C)O. The van der Waals surface area contributed by atoms with Crippen LogP contribution in [0.5, 0.6) is 0 Å². The highest BCUT2D eigenvalue weighted by molar-refractivity contribution is 5.23. The Hall–Kier alpha value is -0.0400. The zero-order valence-corrected chi connectivity index (χ0v) is 10.4. The summed E-state index contributed by atoms with van der Waals surface area (Å²) in [5, 5.41) is 10.8. The van der Waals surface area contributed by atoms with Crippen LogP contribution in [0, 0.1) is 22.2 Å². The van der Waals surface area contributed by atoms with Gasteiger partial charge in [0.15, 0.2) is 0 Å². The Kier molecular flexibility index (Phi) is 1.65. The maximum atomic E-state index is 10.8. The summed E-state index contributed by atoms with van der Waals surface area (Å²) in [4.78, 5) is 0.